The Balaban J connectivity index is 1.77. The maximum absolute atomic E-state index is 14.8. The Hall–Kier alpha value is -1.43. The van der Waals surface area contributed by atoms with Gasteiger partial charge in [-0.05, 0) is 79.4 Å². The number of rotatable bonds is 7. The van der Waals surface area contributed by atoms with Crippen molar-refractivity contribution in [3.63, 3.8) is 0 Å². The van der Waals surface area contributed by atoms with Gasteiger partial charge < -0.3 is 14.8 Å². The molecule has 11 atom stereocenters. The van der Waals surface area contributed by atoms with Crippen molar-refractivity contribution in [1.29, 1.82) is 0 Å². The number of ketones is 1. The fourth-order valence-corrected chi connectivity index (χ4v) is 9.75. The molecule has 4 fully saturated rings. The van der Waals surface area contributed by atoms with Crippen molar-refractivity contribution in [2.45, 2.75) is 118 Å². The van der Waals surface area contributed by atoms with E-state index in [1.54, 1.807) is 0 Å². The second-order valence-corrected chi connectivity index (χ2v) is 13.9. The molecule has 4 aliphatic carbocycles. The van der Waals surface area contributed by atoms with Gasteiger partial charge in [-0.3, -0.25) is 14.4 Å². The Morgan fingerprint density at radius 2 is 1.81 bits per heavy atom. The molecule has 0 saturated heterocycles. The van der Waals surface area contributed by atoms with Crippen LogP contribution in [0.15, 0.2) is 0 Å². The van der Waals surface area contributed by atoms with Gasteiger partial charge in [0.05, 0.1) is 13.2 Å². The number of hydrogen-bond acceptors (Lipinski definition) is 6. The van der Waals surface area contributed by atoms with Crippen LogP contribution in [0.5, 0.6) is 0 Å². The number of hydrogen-bond donors (Lipinski definition) is 1. The lowest BCUT2D eigenvalue weighted by atomic mass is 9.41. The summed E-state index contributed by atoms with van der Waals surface area (Å²) in [4.78, 5) is 39.1. The van der Waals surface area contributed by atoms with E-state index in [0.717, 1.165) is 38.5 Å². The first kappa shape index (κ1) is 28.6. The molecule has 0 aliphatic heterocycles. The quantitative estimate of drug-likeness (QED) is 0.445. The van der Waals surface area contributed by atoms with Crippen LogP contribution in [-0.2, 0) is 23.9 Å². The maximum Gasteiger partial charge on any atom is 0.305 e. The Bertz CT molecular complexity index is 887. The largest absolute Gasteiger partial charge is 0.469 e. The van der Waals surface area contributed by atoms with Crippen LogP contribution in [0.3, 0.4) is 0 Å². The molecular formula is C31H51NO5. The fraction of sp³-hybridized carbons (Fsp3) is 0.903. The van der Waals surface area contributed by atoms with Crippen molar-refractivity contribution in [1.82, 2.24) is 5.32 Å². The molecule has 6 heteroatoms. The zero-order valence-corrected chi connectivity index (χ0v) is 24.5. The van der Waals surface area contributed by atoms with Crippen molar-refractivity contribution in [2.75, 3.05) is 7.11 Å². The summed E-state index contributed by atoms with van der Waals surface area (Å²) in [5.41, 5.74) is -0.432. The summed E-state index contributed by atoms with van der Waals surface area (Å²) in [7, 11) is 1.44. The predicted octanol–water partition coefficient (Wildman–Crippen LogP) is 5.57. The van der Waals surface area contributed by atoms with Crippen LogP contribution in [0.25, 0.3) is 0 Å². The number of esters is 2. The zero-order valence-electron chi connectivity index (χ0n) is 24.5. The number of nitrogens with one attached hydrogen (secondary N) is 1. The van der Waals surface area contributed by atoms with Gasteiger partial charge in [0.2, 0.25) is 0 Å². The van der Waals surface area contributed by atoms with E-state index in [4.69, 9.17) is 9.47 Å². The van der Waals surface area contributed by atoms with Crippen LogP contribution in [0.1, 0.15) is 99.8 Å². The van der Waals surface area contributed by atoms with E-state index in [1.165, 1.54) is 20.5 Å². The number of fused-ring (bicyclic) bond motifs is 5. The number of methoxy groups -OCH3 is 1. The number of ether oxygens (including phenoxy) is 2. The SMILES string of the molecule is COC(=O)CC[C@@H](C)C1CCC2C3C(OC(C)=O)C[C@@H]4C[C@H](C)CC[C@]4(C)C3C(NC(C)C)C(=O)[C@@]21C. The lowest BCUT2D eigenvalue weighted by Crippen LogP contribution is -2.70. The Kier molecular flexibility index (Phi) is 8.20. The molecular weight excluding hydrogens is 466 g/mol. The van der Waals surface area contributed by atoms with Gasteiger partial charge in [0.25, 0.3) is 0 Å². The monoisotopic (exact) mass is 517 g/mol. The van der Waals surface area contributed by atoms with E-state index in [0.29, 0.717) is 24.0 Å². The maximum atomic E-state index is 14.8. The zero-order chi connectivity index (χ0) is 27.3. The lowest BCUT2D eigenvalue weighted by molar-refractivity contribution is -0.198. The second kappa shape index (κ2) is 10.6. The first-order chi connectivity index (χ1) is 17.3. The predicted molar refractivity (Wildman–Crippen MR) is 144 cm³/mol. The molecule has 0 bridgehead atoms. The normalized spacial score (nSPS) is 44.0. The highest BCUT2D eigenvalue weighted by Gasteiger charge is 2.69. The van der Waals surface area contributed by atoms with E-state index in [2.05, 4.69) is 46.9 Å². The van der Waals surface area contributed by atoms with Crippen LogP contribution in [-0.4, -0.2) is 43.0 Å². The van der Waals surface area contributed by atoms with Crippen molar-refractivity contribution in [3.05, 3.63) is 0 Å². The van der Waals surface area contributed by atoms with E-state index in [1.807, 2.05) is 0 Å². The molecule has 6 nitrogen and oxygen atoms in total. The first-order valence-electron chi connectivity index (χ1n) is 14.9. The molecule has 4 saturated carbocycles. The second-order valence-electron chi connectivity index (χ2n) is 13.9. The minimum Gasteiger partial charge on any atom is -0.469 e. The van der Waals surface area contributed by atoms with E-state index in [9.17, 15) is 14.4 Å². The van der Waals surface area contributed by atoms with Gasteiger partial charge in [-0.15, -0.1) is 0 Å². The first-order valence-corrected chi connectivity index (χ1v) is 14.9. The van der Waals surface area contributed by atoms with Crippen LogP contribution in [0, 0.1) is 52.3 Å². The third-order valence-corrected chi connectivity index (χ3v) is 11.4. The number of carbonyl (C=O) groups is 3. The topological polar surface area (TPSA) is 81.7 Å². The van der Waals surface area contributed by atoms with E-state index in [-0.39, 0.29) is 65.1 Å². The number of carbonyl (C=O) groups excluding carboxylic acids is 3. The smallest absolute Gasteiger partial charge is 0.305 e. The average Bonchev–Trinajstić information content (AvgIpc) is 3.18. The van der Waals surface area contributed by atoms with Crippen molar-refractivity contribution in [3.8, 4) is 0 Å². The minimum atomic E-state index is -0.493. The molecule has 4 aliphatic rings. The third-order valence-electron chi connectivity index (χ3n) is 11.4. The summed E-state index contributed by atoms with van der Waals surface area (Å²) in [5.74, 6) is 2.09. The molecule has 0 amide bonds. The molecule has 0 radical (unpaired) electrons. The Labute approximate surface area is 224 Å². The van der Waals surface area contributed by atoms with Gasteiger partial charge >= 0.3 is 11.9 Å². The van der Waals surface area contributed by atoms with Gasteiger partial charge in [0.15, 0.2) is 5.78 Å². The Morgan fingerprint density at radius 3 is 2.43 bits per heavy atom. The molecule has 4 rings (SSSR count). The summed E-state index contributed by atoms with van der Waals surface area (Å²) in [6.45, 7) is 15.0. The van der Waals surface area contributed by atoms with E-state index >= 15 is 0 Å². The van der Waals surface area contributed by atoms with Crippen molar-refractivity contribution in [2.24, 2.45) is 52.3 Å². The van der Waals surface area contributed by atoms with Gasteiger partial charge in [-0.2, -0.15) is 0 Å². The van der Waals surface area contributed by atoms with E-state index < -0.39 is 5.41 Å². The average molecular weight is 518 g/mol. The minimum absolute atomic E-state index is 0.0615. The van der Waals surface area contributed by atoms with Gasteiger partial charge in [0, 0.05) is 30.7 Å². The van der Waals surface area contributed by atoms with Crippen molar-refractivity contribution >= 4 is 17.7 Å². The molecule has 0 aromatic rings. The molecule has 0 heterocycles. The fourth-order valence-electron chi connectivity index (χ4n) is 9.75. The molecule has 1 N–H and O–H groups in total. The van der Waals surface area contributed by atoms with Crippen molar-refractivity contribution < 1.29 is 23.9 Å². The summed E-state index contributed by atoms with van der Waals surface area (Å²) in [6.07, 6.45) is 7.35. The van der Waals surface area contributed by atoms with Gasteiger partial charge in [0.1, 0.15) is 6.10 Å². The Morgan fingerprint density at radius 1 is 1.11 bits per heavy atom. The van der Waals surface area contributed by atoms with Crippen LogP contribution < -0.4 is 5.32 Å². The molecule has 0 aromatic heterocycles. The molecule has 6 unspecified atom stereocenters. The lowest BCUT2D eigenvalue weighted by Gasteiger charge is -2.64. The van der Waals surface area contributed by atoms with Crippen LogP contribution in [0.2, 0.25) is 0 Å². The highest BCUT2D eigenvalue weighted by Crippen LogP contribution is 2.68. The van der Waals surface area contributed by atoms with Crippen LogP contribution >= 0.6 is 0 Å². The third kappa shape index (κ3) is 4.89. The van der Waals surface area contributed by atoms with Gasteiger partial charge in [-0.1, -0.05) is 48.0 Å². The summed E-state index contributed by atoms with van der Waals surface area (Å²) >= 11 is 0. The summed E-state index contributed by atoms with van der Waals surface area (Å²) in [6, 6.07) is -0.0519. The highest BCUT2D eigenvalue weighted by atomic mass is 16.5. The molecule has 210 valence electrons. The number of Topliss-reactive ketones (excluding diaryl/α,β-unsaturated/α-hetero) is 1. The molecule has 0 spiro atoms. The summed E-state index contributed by atoms with van der Waals surface area (Å²) < 4.78 is 11.1. The molecule has 0 aromatic carbocycles. The van der Waals surface area contributed by atoms with Crippen LogP contribution in [0.4, 0.5) is 0 Å². The highest BCUT2D eigenvalue weighted by molar-refractivity contribution is 5.92. The molecule has 37 heavy (non-hydrogen) atoms. The summed E-state index contributed by atoms with van der Waals surface area (Å²) in [5, 5.41) is 3.77. The standard InChI is InChI=1S/C31H51NO5/c1-17(2)32-28-27-26(24(37-20(5)33)16-21-15-18(3)13-14-30(21,27)6)23-11-10-22(31(23,7)29(28)35)19(4)9-12-25(34)36-8/h17-19,21-24,26-28,32H,9-16H2,1-8H3/t18-,19-,21+,22?,23?,24?,26?,27?,28?,30+,31-/m1/s1. The van der Waals surface area contributed by atoms with Gasteiger partial charge in [-0.25, -0.2) is 0 Å².